The van der Waals surface area contributed by atoms with Gasteiger partial charge in [-0.2, -0.15) is 4.31 Å². The third-order valence-electron chi connectivity index (χ3n) is 4.29. The van der Waals surface area contributed by atoms with Crippen molar-refractivity contribution in [2.45, 2.75) is 18.7 Å². The number of nitrogens with zero attached hydrogens (tertiary/aromatic N) is 1. The highest BCUT2D eigenvalue weighted by Crippen LogP contribution is 2.22. The molecular formula is C21H25ClN2O6S. The van der Waals surface area contributed by atoms with E-state index < -0.39 is 21.9 Å². The molecule has 0 radical (unpaired) electrons. The molecule has 0 aliphatic rings. The summed E-state index contributed by atoms with van der Waals surface area (Å²) in [4.78, 5) is 24.1. The lowest BCUT2D eigenvalue weighted by atomic mass is 10.2. The van der Waals surface area contributed by atoms with E-state index in [0.717, 1.165) is 0 Å². The van der Waals surface area contributed by atoms with Crippen LogP contribution in [0.1, 0.15) is 24.2 Å². The van der Waals surface area contributed by atoms with Crippen molar-refractivity contribution in [2.75, 3.05) is 32.8 Å². The van der Waals surface area contributed by atoms with Gasteiger partial charge in [0.1, 0.15) is 25.5 Å². The second-order valence-corrected chi connectivity index (χ2v) is 8.64. The molecule has 1 N–H and O–H groups in total. The Hall–Kier alpha value is -2.62. The van der Waals surface area contributed by atoms with Crippen LogP contribution < -0.4 is 10.1 Å². The molecular weight excluding hydrogens is 444 g/mol. The van der Waals surface area contributed by atoms with Gasteiger partial charge in [0.2, 0.25) is 10.0 Å². The van der Waals surface area contributed by atoms with Crippen molar-refractivity contribution in [2.24, 2.45) is 0 Å². The summed E-state index contributed by atoms with van der Waals surface area (Å²) >= 11 is 5.96. The number of ether oxygens (including phenoxy) is 2. The monoisotopic (exact) mass is 468 g/mol. The third kappa shape index (κ3) is 6.95. The molecule has 0 spiro atoms. The molecule has 8 nitrogen and oxygen atoms in total. The Balaban J connectivity index is 1.79. The van der Waals surface area contributed by atoms with Crippen LogP contribution in [0.4, 0.5) is 0 Å². The Morgan fingerprint density at radius 2 is 1.65 bits per heavy atom. The maximum absolute atomic E-state index is 12.5. The zero-order chi connectivity index (χ0) is 22.9. The number of esters is 1. The summed E-state index contributed by atoms with van der Waals surface area (Å²) in [7, 11) is -3.60. The predicted octanol–water partition coefficient (Wildman–Crippen LogP) is 2.72. The molecule has 0 heterocycles. The fourth-order valence-electron chi connectivity index (χ4n) is 2.67. The van der Waals surface area contributed by atoms with Gasteiger partial charge in [0, 0.05) is 18.7 Å². The van der Waals surface area contributed by atoms with Crippen molar-refractivity contribution < 1.29 is 27.5 Å². The number of hydrogen-bond acceptors (Lipinski definition) is 6. The Kier molecular flexibility index (Phi) is 9.29. The van der Waals surface area contributed by atoms with Gasteiger partial charge in [0.15, 0.2) is 0 Å². The van der Waals surface area contributed by atoms with E-state index in [-0.39, 0.29) is 30.2 Å². The number of carbonyl (C=O) groups excluding carboxylic acids is 2. The summed E-state index contributed by atoms with van der Waals surface area (Å²) in [6.45, 7) is 4.00. The molecule has 0 saturated heterocycles. The van der Waals surface area contributed by atoms with Crippen LogP contribution in [-0.2, 0) is 19.6 Å². The summed E-state index contributed by atoms with van der Waals surface area (Å²) in [5.41, 5.74) is 0.230. The predicted molar refractivity (Wildman–Crippen MR) is 117 cm³/mol. The third-order valence-corrected chi connectivity index (χ3v) is 6.67. The van der Waals surface area contributed by atoms with E-state index in [0.29, 0.717) is 23.9 Å². The largest absolute Gasteiger partial charge is 0.488 e. The quantitative estimate of drug-likeness (QED) is 0.402. The van der Waals surface area contributed by atoms with Crippen molar-refractivity contribution in [3.05, 3.63) is 59.1 Å². The molecule has 0 aliphatic carbocycles. The maximum Gasteiger partial charge on any atom is 0.325 e. The van der Waals surface area contributed by atoms with E-state index >= 15 is 0 Å². The zero-order valence-corrected chi connectivity index (χ0v) is 18.9. The van der Waals surface area contributed by atoms with Crippen LogP contribution in [0, 0.1) is 0 Å². The van der Waals surface area contributed by atoms with E-state index in [1.165, 1.54) is 28.6 Å². The van der Waals surface area contributed by atoms with Crippen LogP contribution in [0.15, 0.2) is 53.4 Å². The van der Waals surface area contributed by atoms with Crippen LogP contribution in [0.3, 0.4) is 0 Å². The van der Waals surface area contributed by atoms with Gasteiger partial charge in [-0.1, -0.05) is 37.6 Å². The lowest BCUT2D eigenvalue weighted by molar-refractivity contribution is -0.143. The summed E-state index contributed by atoms with van der Waals surface area (Å²) < 4.78 is 36.7. The van der Waals surface area contributed by atoms with E-state index in [1.54, 1.807) is 38.1 Å². The molecule has 0 unspecified atom stereocenters. The minimum absolute atomic E-state index is 0.00214. The van der Waals surface area contributed by atoms with Crippen LogP contribution in [0.5, 0.6) is 5.75 Å². The fourth-order valence-corrected chi connectivity index (χ4v) is 4.31. The van der Waals surface area contributed by atoms with Gasteiger partial charge in [0.05, 0.1) is 9.92 Å². The van der Waals surface area contributed by atoms with Crippen molar-refractivity contribution in [1.29, 1.82) is 0 Å². The van der Waals surface area contributed by atoms with Crippen LogP contribution in [-0.4, -0.2) is 57.4 Å². The van der Waals surface area contributed by atoms with E-state index in [9.17, 15) is 18.0 Å². The number of halogens is 1. The summed E-state index contributed by atoms with van der Waals surface area (Å²) in [5.74, 6) is -0.659. The average Bonchev–Trinajstić information content (AvgIpc) is 2.77. The molecule has 31 heavy (non-hydrogen) atoms. The Labute approximate surface area is 187 Å². The lowest BCUT2D eigenvalue weighted by Gasteiger charge is -2.18. The summed E-state index contributed by atoms with van der Waals surface area (Å²) in [6.07, 6.45) is 0. The molecule has 10 heteroatoms. The molecule has 2 aromatic rings. The standard InChI is InChI=1S/C21H25ClN2O6S/c1-3-24(4-2)31(27,28)17-11-9-16(10-12-17)21(26)23-15-20(25)30-14-13-29-19-8-6-5-7-18(19)22/h5-12H,3-4,13-15H2,1-2H3,(H,23,26). The minimum atomic E-state index is -3.60. The molecule has 0 fully saturated rings. The van der Waals surface area contributed by atoms with Crippen molar-refractivity contribution in [1.82, 2.24) is 9.62 Å². The molecule has 0 atom stereocenters. The normalized spacial score (nSPS) is 11.2. The number of nitrogens with one attached hydrogen (secondary N) is 1. The van der Waals surface area contributed by atoms with Gasteiger partial charge in [0.25, 0.3) is 5.91 Å². The first-order chi connectivity index (χ1) is 14.8. The molecule has 0 bridgehead atoms. The maximum atomic E-state index is 12.5. The molecule has 0 saturated carbocycles. The van der Waals surface area contributed by atoms with E-state index in [4.69, 9.17) is 21.1 Å². The SMILES string of the molecule is CCN(CC)S(=O)(=O)c1ccc(C(=O)NCC(=O)OCCOc2ccccc2Cl)cc1. The Morgan fingerprint density at radius 3 is 2.26 bits per heavy atom. The highest BCUT2D eigenvalue weighted by Gasteiger charge is 2.21. The number of amides is 1. The van der Waals surface area contributed by atoms with E-state index in [1.807, 2.05) is 0 Å². The number of benzene rings is 2. The smallest absolute Gasteiger partial charge is 0.325 e. The van der Waals surface area contributed by atoms with E-state index in [2.05, 4.69) is 5.32 Å². The van der Waals surface area contributed by atoms with Crippen LogP contribution in [0.2, 0.25) is 5.02 Å². The van der Waals surface area contributed by atoms with Crippen molar-refractivity contribution >= 4 is 33.5 Å². The lowest BCUT2D eigenvalue weighted by Crippen LogP contribution is -2.32. The zero-order valence-electron chi connectivity index (χ0n) is 17.3. The molecule has 0 aromatic heterocycles. The van der Waals surface area contributed by atoms with Gasteiger partial charge in [-0.25, -0.2) is 8.42 Å². The fraction of sp³-hybridized carbons (Fsp3) is 0.333. The van der Waals surface area contributed by atoms with Gasteiger partial charge >= 0.3 is 5.97 Å². The highest BCUT2D eigenvalue weighted by molar-refractivity contribution is 7.89. The van der Waals surface area contributed by atoms with Crippen LogP contribution in [0.25, 0.3) is 0 Å². The second kappa shape index (κ2) is 11.7. The van der Waals surface area contributed by atoms with Crippen LogP contribution >= 0.6 is 11.6 Å². The number of hydrogen-bond donors (Lipinski definition) is 1. The first-order valence-corrected chi connectivity index (χ1v) is 11.5. The first-order valence-electron chi connectivity index (χ1n) is 9.71. The molecule has 0 aliphatic heterocycles. The topological polar surface area (TPSA) is 102 Å². The second-order valence-electron chi connectivity index (χ2n) is 6.30. The molecule has 2 rings (SSSR count). The van der Waals surface area contributed by atoms with Crippen molar-refractivity contribution in [3.63, 3.8) is 0 Å². The Bertz CT molecular complexity index is 991. The van der Waals surface area contributed by atoms with Gasteiger partial charge in [-0.05, 0) is 36.4 Å². The minimum Gasteiger partial charge on any atom is -0.488 e. The number of carbonyl (C=O) groups is 2. The van der Waals surface area contributed by atoms with Gasteiger partial charge in [-0.3, -0.25) is 9.59 Å². The number of para-hydroxylation sites is 1. The van der Waals surface area contributed by atoms with Gasteiger partial charge in [-0.15, -0.1) is 0 Å². The first kappa shape index (κ1) is 24.6. The molecule has 1 amide bonds. The summed E-state index contributed by atoms with van der Waals surface area (Å²) in [6, 6.07) is 12.5. The Morgan fingerprint density at radius 1 is 1.00 bits per heavy atom. The van der Waals surface area contributed by atoms with Gasteiger partial charge < -0.3 is 14.8 Å². The molecule has 168 valence electrons. The van der Waals surface area contributed by atoms with Crippen molar-refractivity contribution in [3.8, 4) is 5.75 Å². The summed E-state index contributed by atoms with van der Waals surface area (Å²) in [5, 5.41) is 2.89. The highest BCUT2D eigenvalue weighted by atomic mass is 35.5. The number of sulfonamides is 1. The molecule has 2 aromatic carbocycles. The number of rotatable bonds is 11. The average molecular weight is 469 g/mol.